The van der Waals surface area contributed by atoms with Gasteiger partial charge in [0.15, 0.2) is 0 Å². The van der Waals surface area contributed by atoms with Crippen molar-refractivity contribution in [1.29, 1.82) is 0 Å². The van der Waals surface area contributed by atoms with E-state index < -0.39 is 5.97 Å². The molecule has 0 aliphatic rings. The molecule has 0 fully saturated rings. The van der Waals surface area contributed by atoms with E-state index in [9.17, 15) is 24.9 Å². The topological polar surface area (TPSA) is 110 Å². The van der Waals surface area contributed by atoms with E-state index in [4.69, 9.17) is 0 Å². The van der Waals surface area contributed by atoms with Crippen LogP contribution in [-0.4, -0.2) is 22.1 Å². The summed E-state index contributed by atoms with van der Waals surface area (Å²) in [7, 11) is 0. The fourth-order valence-corrected chi connectivity index (χ4v) is 1.98. The van der Waals surface area contributed by atoms with Gasteiger partial charge in [-0.3, -0.25) is 4.79 Å². The Hall–Kier alpha value is -2.02. The van der Waals surface area contributed by atoms with Gasteiger partial charge in [-0.05, 0) is 29.8 Å². The van der Waals surface area contributed by atoms with Gasteiger partial charge < -0.3 is 25.4 Å². The second-order valence-electron chi connectivity index (χ2n) is 4.43. The number of hydrogen-bond acceptors (Lipinski definition) is 5. The molecule has 0 aliphatic carbocycles. The van der Waals surface area contributed by atoms with E-state index in [1.807, 2.05) is 0 Å². The Labute approximate surface area is 148 Å². The van der Waals surface area contributed by atoms with Crippen molar-refractivity contribution in [2.75, 3.05) is 5.32 Å². The smallest absolute Gasteiger partial charge is 0.545 e. The summed E-state index contributed by atoms with van der Waals surface area (Å²) >= 11 is 0. The van der Waals surface area contributed by atoms with Crippen molar-refractivity contribution >= 4 is 17.6 Å². The molecular weight excluding hydrogens is 297 g/mol. The number of phenolic OH excluding ortho intramolecular Hbond substituents is 2. The van der Waals surface area contributed by atoms with Gasteiger partial charge in [-0.1, -0.05) is 6.07 Å². The summed E-state index contributed by atoms with van der Waals surface area (Å²) in [4.78, 5) is 22.3. The summed E-state index contributed by atoms with van der Waals surface area (Å²) in [6.07, 6.45) is 0. The Balaban J connectivity index is 0.00000242. The number of rotatable bonds is 3. The van der Waals surface area contributed by atoms with E-state index >= 15 is 0 Å². The molecule has 22 heavy (non-hydrogen) atoms. The number of aromatic hydroxyl groups is 2. The van der Waals surface area contributed by atoms with E-state index in [1.165, 1.54) is 37.3 Å². The van der Waals surface area contributed by atoms with Crippen LogP contribution in [0.15, 0.2) is 36.4 Å². The van der Waals surface area contributed by atoms with Gasteiger partial charge >= 0.3 is 29.6 Å². The first-order chi connectivity index (χ1) is 9.88. The van der Waals surface area contributed by atoms with Crippen LogP contribution in [0.4, 0.5) is 5.69 Å². The number of carboxylic acid groups (broad SMARTS) is 1. The van der Waals surface area contributed by atoms with Crippen LogP contribution < -0.4 is 40.0 Å². The maximum Gasteiger partial charge on any atom is 1.00 e. The normalized spacial score (nSPS) is 9.68. The Morgan fingerprint density at radius 2 is 1.68 bits per heavy atom. The van der Waals surface area contributed by atoms with Crippen LogP contribution in [0.3, 0.4) is 0 Å². The van der Waals surface area contributed by atoms with Crippen LogP contribution in [0.25, 0.3) is 11.1 Å². The van der Waals surface area contributed by atoms with Gasteiger partial charge in [-0.2, -0.15) is 0 Å². The van der Waals surface area contributed by atoms with Crippen LogP contribution >= 0.6 is 0 Å². The maximum absolute atomic E-state index is 11.3. The predicted molar refractivity (Wildman–Crippen MR) is 73.8 cm³/mol. The molecule has 1 amide bonds. The second kappa shape index (κ2) is 7.31. The zero-order valence-corrected chi connectivity index (χ0v) is 14.1. The number of carbonyl (C=O) groups excluding carboxylic acids is 2. The Bertz CT molecular complexity index is 730. The zero-order valence-electron chi connectivity index (χ0n) is 12.1. The molecule has 0 unspecified atom stereocenters. The molecular formula is C15H12NNaO5. The first-order valence-electron chi connectivity index (χ1n) is 6.04. The van der Waals surface area contributed by atoms with Crippen molar-refractivity contribution in [1.82, 2.24) is 0 Å². The van der Waals surface area contributed by atoms with Crippen LogP contribution in [0.2, 0.25) is 0 Å². The van der Waals surface area contributed by atoms with Crippen LogP contribution in [0, 0.1) is 0 Å². The monoisotopic (exact) mass is 309 g/mol. The third kappa shape index (κ3) is 4.00. The minimum Gasteiger partial charge on any atom is -0.545 e. The molecule has 2 rings (SSSR count). The van der Waals surface area contributed by atoms with Crippen molar-refractivity contribution < 1.29 is 54.5 Å². The molecule has 6 nitrogen and oxygen atoms in total. The third-order valence-corrected chi connectivity index (χ3v) is 2.83. The molecule has 7 heteroatoms. The van der Waals surface area contributed by atoms with Gasteiger partial charge in [0.2, 0.25) is 5.91 Å². The fourth-order valence-electron chi connectivity index (χ4n) is 1.98. The third-order valence-electron chi connectivity index (χ3n) is 2.83. The van der Waals surface area contributed by atoms with E-state index in [0.717, 1.165) is 6.07 Å². The standard InChI is InChI=1S/C15H13NO5.Na/c1-8(17)16-9-2-4-11(13(6-9)15(20)21)12-5-3-10(18)7-14(12)19;/h2-7,18-19H,1H3,(H,16,17)(H,20,21);/q;+1/p-1. The Kier molecular flexibility index (Phi) is 5.99. The summed E-state index contributed by atoms with van der Waals surface area (Å²) in [5.74, 6) is -2.17. The quantitative estimate of drug-likeness (QED) is 0.573. The van der Waals surface area contributed by atoms with Gasteiger partial charge in [0.05, 0.1) is 5.97 Å². The molecule has 0 spiro atoms. The number of aromatic carboxylic acids is 1. The Morgan fingerprint density at radius 3 is 2.23 bits per heavy atom. The van der Waals surface area contributed by atoms with Crippen molar-refractivity contribution in [2.45, 2.75) is 6.92 Å². The zero-order chi connectivity index (χ0) is 15.6. The number of phenols is 2. The number of carboxylic acids is 1. The van der Waals surface area contributed by atoms with Crippen LogP contribution in [-0.2, 0) is 4.79 Å². The SMILES string of the molecule is CC(=O)Nc1ccc(-c2ccc(O)cc2O)c(C(=O)[O-])c1.[Na+]. The number of nitrogens with one attached hydrogen (secondary N) is 1. The molecule has 108 valence electrons. The van der Waals surface area contributed by atoms with Gasteiger partial charge in [0, 0.05) is 29.8 Å². The molecule has 3 N–H and O–H groups in total. The molecule has 0 saturated heterocycles. The summed E-state index contributed by atoms with van der Waals surface area (Å²) < 4.78 is 0. The number of anilines is 1. The first kappa shape index (κ1) is 18.0. The molecule has 0 bridgehead atoms. The number of hydrogen-bond donors (Lipinski definition) is 3. The minimum absolute atomic E-state index is 0. The molecule has 0 atom stereocenters. The molecule has 2 aromatic rings. The summed E-state index contributed by atoms with van der Waals surface area (Å²) in [6, 6.07) is 8.03. The van der Waals surface area contributed by atoms with E-state index in [0.29, 0.717) is 5.69 Å². The van der Waals surface area contributed by atoms with Gasteiger partial charge in [0.1, 0.15) is 11.5 Å². The molecule has 2 aromatic carbocycles. The molecule has 0 saturated carbocycles. The maximum atomic E-state index is 11.3. The van der Waals surface area contributed by atoms with Crippen molar-refractivity contribution in [2.24, 2.45) is 0 Å². The average Bonchev–Trinajstić information content (AvgIpc) is 2.38. The first-order valence-corrected chi connectivity index (χ1v) is 6.04. The number of amides is 1. The van der Waals surface area contributed by atoms with Gasteiger partial charge in [-0.25, -0.2) is 0 Å². The molecule has 0 aliphatic heterocycles. The van der Waals surface area contributed by atoms with Gasteiger partial charge in [-0.15, -0.1) is 0 Å². The molecule has 0 aromatic heterocycles. The van der Waals surface area contributed by atoms with Crippen molar-refractivity contribution in [3.8, 4) is 22.6 Å². The van der Waals surface area contributed by atoms with E-state index in [1.54, 1.807) is 0 Å². The summed E-state index contributed by atoms with van der Waals surface area (Å²) in [5.41, 5.74) is 0.592. The van der Waals surface area contributed by atoms with Crippen molar-refractivity contribution in [3.05, 3.63) is 42.0 Å². The average molecular weight is 309 g/mol. The minimum atomic E-state index is -1.44. The predicted octanol–water partition coefficient (Wildman–Crippen LogP) is -1.91. The summed E-state index contributed by atoms with van der Waals surface area (Å²) in [5, 5.41) is 32.8. The van der Waals surface area contributed by atoms with Crippen LogP contribution in [0.1, 0.15) is 17.3 Å². The number of carbonyl (C=O) groups is 2. The van der Waals surface area contributed by atoms with E-state index in [2.05, 4.69) is 5.32 Å². The van der Waals surface area contributed by atoms with Gasteiger partial charge in [0.25, 0.3) is 0 Å². The Morgan fingerprint density at radius 1 is 1.05 bits per heavy atom. The second-order valence-corrected chi connectivity index (χ2v) is 4.43. The summed E-state index contributed by atoms with van der Waals surface area (Å²) in [6.45, 7) is 1.30. The largest absolute Gasteiger partial charge is 1.00 e. The van der Waals surface area contributed by atoms with Crippen LogP contribution in [0.5, 0.6) is 11.5 Å². The van der Waals surface area contributed by atoms with E-state index in [-0.39, 0.29) is 63.7 Å². The molecule has 0 radical (unpaired) electrons. The number of benzene rings is 2. The molecule has 0 heterocycles. The fraction of sp³-hybridized carbons (Fsp3) is 0.0667. The van der Waals surface area contributed by atoms with Crippen molar-refractivity contribution in [3.63, 3.8) is 0 Å².